The summed E-state index contributed by atoms with van der Waals surface area (Å²) in [6.07, 6.45) is 0. The third kappa shape index (κ3) is 2.38. The van der Waals surface area contributed by atoms with Crippen molar-refractivity contribution in [2.24, 2.45) is 0 Å². The highest BCUT2D eigenvalue weighted by Gasteiger charge is 2.36. The van der Waals surface area contributed by atoms with Gasteiger partial charge < -0.3 is 0 Å². The molecule has 0 rings (SSSR count). The molecule has 0 aliphatic rings. The molecule has 0 atom stereocenters. The predicted molar refractivity (Wildman–Crippen MR) is 60.7 cm³/mol. The van der Waals surface area contributed by atoms with E-state index in [9.17, 15) is 0 Å². The minimum Gasteiger partial charge on any atom is -0.166 e. The Morgan fingerprint density at radius 3 is 1.50 bits per heavy atom. The second-order valence-corrected chi connectivity index (χ2v) is 12.2. The van der Waals surface area contributed by atoms with Gasteiger partial charge in [-0.05, 0) is 11.1 Å². The molecule has 10 heavy (non-hydrogen) atoms. The van der Waals surface area contributed by atoms with Crippen molar-refractivity contribution >= 4 is 41.1 Å². The summed E-state index contributed by atoms with van der Waals surface area (Å²) in [6, 6.07) is 0. The molecule has 0 fully saturated rings. The molecule has 0 aromatic rings. The lowest BCUT2D eigenvalue weighted by atomic mass is 10.5. The number of rotatable bonds is 3. The van der Waals surface area contributed by atoms with Crippen LogP contribution in [0.3, 0.4) is 0 Å². The van der Waals surface area contributed by atoms with Crippen LogP contribution >= 0.6 is 33.7 Å². The zero-order valence-corrected chi connectivity index (χ0v) is 11.0. The fourth-order valence-corrected chi connectivity index (χ4v) is 8.21. The van der Waals surface area contributed by atoms with Crippen molar-refractivity contribution in [3.63, 3.8) is 0 Å². The Labute approximate surface area is 83.6 Å². The van der Waals surface area contributed by atoms with Crippen LogP contribution < -0.4 is 0 Å². The van der Waals surface area contributed by atoms with Crippen molar-refractivity contribution in [2.45, 2.75) is 38.8 Å². The lowest BCUT2D eigenvalue weighted by Gasteiger charge is -2.30. The van der Waals surface area contributed by atoms with Gasteiger partial charge in [-0.3, -0.25) is 0 Å². The third-order valence-corrected chi connectivity index (χ3v) is 14.5. The zero-order chi connectivity index (χ0) is 8.36. The van der Waals surface area contributed by atoms with Gasteiger partial charge in [0.05, 0.1) is 0 Å². The monoisotopic (exact) mass is 290 g/mol. The molecular weight excluding hydrogens is 275 g/mol. The molecule has 0 aromatic heterocycles. The van der Waals surface area contributed by atoms with Crippen LogP contribution in [0.1, 0.15) is 27.7 Å². The van der Waals surface area contributed by atoms with Crippen molar-refractivity contribution < 1.29 is 0 Å². The lowest BCUT2D eigenvalue weighted by molar-refractivity contribution is 0.930. The van der Waals surface area contributed by atoms with Gasteiger partial charge in [-0.2, -0.15) is 11.1 Å². The van der Waals surface area contributed by atoms with Gasteiger partial charge in [0.15, 0.2) is 7.38 Å². The van der Waals surface area contributed by atoms with Crippen LogP contribution in [0.4, 0.5) is 0 Å². The van der Waals surface area contributed by atoms with Crippen LogP contribution in [-0.2, 0) is 0 Å². The Morgan fingerprint density at radius 2 is 1.50 bits per heavy atom. The van der Waals surface area contributed by atoms with E-state index in [0.717, 1.165) is 0 Å². The minimum atomic E-state index is -1.42. The van der Waals surface area contributed by atoms with E-state index in [2.05, 4.69) is 50.3 Å². The van der Waals surface area contributed by atoms with Crippen molar-refractivity contribution in [1.29, 1.82) is 0 Å². The van der Waals surface area contributed by atoms with Crippen molar-refractivity contribution in [2.75, 3.05) is 4.05 Å². The van der Waals surface area contributed by atoms with Crippen LogP contribution in [0.2, 0.25) is 11.1 Å². The van der Waals surface area contributed by atoms with Gasteiger partial charge in [0.2, 0.25) is 0 Å². The maximum atomic E-state index is 6.52. The molecule has 62 valence electrons. The standard InChI is InChI=1S/C7H16ClISi/c1-6(2)10(8,5-9)7(3)4/h6-7H,5H2,1-4H3. The quantitative estimate of drug-likeness (QED) is 0.319. The molecule has 0 radical (unpaired) electrons. The molecule has 0 nitrogen and oxygen atoms in total. The first kappa shape index (κ1) is 11.2. The van der Waals surface area contributed by atoms with Gasteiger partial charge in [-0.15, -0.1) is 0 Å². The first-order valence-corrected chi connectivity index (χ1v) is 8.60. The molecule has 3 heteroatoms. The van der Waals surface area contributed by atoms with Gasteiger partial charge in [-0.1, -0.05) is 50.3 Å². The van der Waals surface area contributed by atoms with E-state index in [1.165, 1.54) is 4.05 Å². The summed E-state index contributed by atoms with van der Waals surface area (Å²) in [4.78, 5) is 0. The van der Waals surface area contributed by atoms with Crippen LogP contribution in [0.5, 0.6) is 0 Å². The average molecular weight is 291 g/mol. The topological polar surface area (TPSA) is 0 Å². The molecule has 0 heterocycles. The SMILES string of the molecule is CC(C)[Si](Cl)(CI)C(C)C. The van der Waals surface area contributed by atoms with Gasteiger partial charge in [0, 0.05) is 4.05 Å². The Morgan fingerprint density at radius 1 is 1.20 bits per heavy atom. The Balaban J connectivity index is 4.23. The summed E-state index contributed by atoms with van der Waals surface area (Å²) in [6.45, 7) is 8.99. The Hall–Kier alpha value is 1.24. The van der Waals surface area contributed by atoms with Crippen LogP contribution in [-0.4, -0.2) is 11.4 Å². The summed E-state index contributed by atoms with van der Waals surface area (Å²) in [5, 5.41) is 0. The number of hydrogen-bond donors (Lipinski definition) is 0. The van der Waals surface area contributed by atoms with Crippen molar-refractivity contribution in [3.8, 4) is 0 Å². The fraction of sp³-hybridized carbons (Fsp3) is 1.00. The molecule has 0 spiro atoms. The molecule has 0 aliphatic carbocycles. The number of hydrogen-bond acceptors (Lipinski definition) is 0. The number of halogens is 2. The van der Waals surface area contributed by atoms with E-state index in [1.54, 1.807) is 0 Å². The molecule has 0 amide bonds. The first-order chi connectivity index (χ1) is 4.45. The highest BCUT2D eigenvalue weighted by atomic mass is 127. The minimum absolute atomic E-state index is 0.700. The second-order valence-electron chi connectivity index (χ2n) is 3.37. The normalized spacial score (nSPS) is 13.2. The van der Waals surface area contributed by atoms with Crippen LogP contribution in [0, 0.1) is 0 Å². The molecule has 0 saturated carbocycles. The van der Waals surface area contributed by atoms with Gasteiger partial charge in [-0.25, -0.2) is 0 Å². The molecule has 0 aliphatic heterocycles. The molecular formula is C7H16ClISi. The van der Waals surface area contributed by atoms with Gasteiger partial charge >= 0.3 is 0 Å². The van der Waals surface area contributed by atoms with E-state index >= 15 is 0 Å². The zero-order valence-electron chi connectivity index (χ0n) is 7.12. The summed E-state index contributed by atoms with van der Waals surface area (Å²) < 4.78 is 1.17. The largest absolute Gasteiger partial charge is 0.171 e. The first-order valence-electron chi connectivity index (χ1n) is 3.70. The molecule has 0 unspecified atom stereocenters. The van der Waals surface area contributed by atoms with Crippen LogP contribution in [0.25, 0.3) is 0 Å². The maximum absolute atomic E-state index is 6.52. The van der Waals surface area contributed by atoms with E-state index in [4.69, 9.17) is 11.1 Å². The summed E-state index contributed by atoms with van der Waals surface area (Å²) >= 11 is 8.95. The third-order valence-electron chi connectivity index (χ3n) is 2.12. The Bertz CT molecular complexity index is 95.8. The second kappa shape index (κ2) is 4.31. The van der Waals surface area contributed by atoms with Gasteiger partial charge in [0.1, 0.15) is 0 Å². The van der Waals surface area contributed by atoms with E-state index in [0.29, 0.717) is 11.1 Å². The number of alkyl halides is 1. The highest BCUT2D eigenvalue weighted by molar-refractivity contribution is 14.1. The Kier molecular flexibility index (Phi) is 4.84. The molecule has 0 bridgehead atoms. The maximum Gasteiger partial charge on any atom is 0.171 e. The fourth-order valence-electron chi connectivity index (χ4n) is 0.975. The van der Waals surface area contributed by atoms with Crippen molar-refractivity contribution in [1.82, 2.24) is 0 Å². The molecule has 0 N–H and O–H groups in total. The van der Waals surface area contributed by atoms with Gasteiger partial charge in [0.25, 0.3) is 0 Å². The highest BCUT2D eigenvalue weighted by Crippen LogP contribution is 2.36. The summed E-state index contributed by atoms with van der Waals surface area (Å²) in [7, 11) is -1.42. The summed E-state index contributed by atoms with van der Waals surface area (Å²) in [5.41, 5.74) is 1.40. The summed E-state index contributed by atoms with van der Waals surface area (Å²) in [5.74, 6) is 0. The van der Waals surface area contributed by atoms with Crippen molar-refractivity contribution in [3.05, 3.63) is 0 Å². The average Bonchev–Trinajstić information content (AvgIpc) is 1.85. The van der Waals surface area contributed by atoms with E-state index in [1.807, 2.05) is 0 Å². The molecule has 0 aromatic carbocycles. The smallest absolute Gasteiger partial charge is 0.166 e. The lowest BCUT2D eigenvalue weighted by Crippen LogP contribution is -2.37. The predicted octanol–water partition coefficient (Wildman–Crippen LogP) is 3.96. The van der Waals surface area contributed by atoms with E-state index in [-0.39, 0.29) is 0 Å². The van der Waals surface area contributed by atoms with E-state index < -0.39 is 7.38 Å². The van der Waals surface area contributed by atoms with Crippen LogP contribution in [0.15, 0.2) is 0 Å². The molecule has 0 saturated heterocycles.